The zero-order chi connectivity index (χ0) is 17.4. The lowest BCUT2D eigenvalue weighted by Crippen LogP contribution is -2.12. The molecule has 0 spiro atoms. The maximum Gasteiger partial charge on any atom is 0.262 e. The summed E-state index contributed by atoms with van der Waals surface area (Å²) in [4.78, 5) is 19.8. The summed E-state index contributed by atoms with van der Waals surface area (Å²) in [7, 11) is 0. The summed E-state index contributed by atoms with van der Waals surface area (Å²) < 4.78 is 1.69. The van der Waals surface area contributed by atoms with Crippen LogP contribution in [0.3, 0.4) is 0 Å². The number of rotatable bonds is 3. The molecule has 25 heavy (non-hydrogen) atoms. The van der Waals surface area contributed by atoms with Crippen molar-refractivity contribution in [2.24, 2.45) is 0 Å². The van der Waals surface area contributed by atoms with Crippen molar-refractivity contribution in [2.45, 2.75) is 13.3 Å². The Bertz CT molecular complexity index is 1110. The van der Waals surface area contributed by atoms with Crippen LogP contribution in [0.2, 0.25) is 5.02 Å². The van der Waals surface area contributed by atoms with Gasteiger partial charge >= 0.3 is 0 Å². The highest BCUT2D eigenvalue weighted by atomic mass is 35.5. The Morgan fingerprint density at radius 3 is 2.72 bits per heavy atom. The smallest absolute Gasteiger partial charge is 0.262 e. The number of aromatic amines is 1. The van der Waals surface area contributed by atoms with E-state index >= 15 is 0 Å². The first-order valence-electron chi connectivity index (χ1n) is 7.88. The second-order valence-electron chi connectivity index (χ2n) is 5.95. The number of aromatic nitrogens is 4. The summed E-state index contributed by atoms with van der Waals surface area (Å²) >= 11 is 6.03. The van der Waals surface area contributed by atoms with Gasteiger partial charge in [0.25, 0.3) is 5.56 Å². The Balaban J connectivity index is 1.81. The molecule has 0 saturated carbocycles. The molecule has 0 aliphatic heterocycles. The van der Waals surface area contributed by atoms with Gasteiger partial charge in [0.1, 0.15) is 11.2 Å². The number of fused-ring (bicyclic) bond motifs is 1. The molecular weight excluding hydrogens is 336 g/mol. The van der Waals surface area contributed by atoms with E-state index in [-0.39, 0.29) is 5.56 Å². The van der Waals surface area contributed by atoms with Crippen molar-refractivity contribution in [3.8, 4) is 5.69 Å². The fourth-order valence-corrected chi connectivity index (χ4v) is 2.98. The average Bonchev–Trinajstić information content (AvgIpc) is 3.00. The van der Waals surface area contributed by atoms with Crippen molar-refractivity contribution in [1.29, 1.82) is 0 Å². The number of nitrogens with one attached hydrogen (secondary N) is 1. The molecule has 0 fully saturated rings. The summed E-state index contributed by atoms with van der Waals surface area (Å²) in [5, 5.41) is 5.46. The van der Waals surface area contributed by atoms with E-state index in [4.69, 9.17) is 11.6 Å². The van der Waals surface area contributed by atoms with Crippen molar-refractivity contribution in [1.82, 2.24) is 19.7 Å². The van der Waals surface area contributed by atoms with Crippen molar-refractivity contribution < 1.29 is 0 Å². The highest BCUT2D eigenvalue weighted by Crippen LogP contribution is 2.16. The van der Waals surface area contributed by atoms with Crippen LogP contribution in [0.25, 0.3) is 16.7 Å². The van der Waals surface area contributed by atoms with Crippen LogP contribution in [0.15, 0.2) is 59.5 Å². The van der Waals surface area contributed by atoms with Crippen LogP contribution in [0.1, 0.15) is 17.0 Å². The Morgan fingerprint density at radius 2 is 1.96 bits per heavy atom. The van der Waals surface area contributed by atoms with Gasteiger partial charge in [-0.15, -0.1) is 0 Å². The summed E-state index contributed by atoms with van der Waals surface area (Å²) in [5.41, 5.74) is 3.36. The molecule has 124 valence electrons. The molecule has 1 N–H and O–H groups in total. The van der Waals surface area contributed by atoms with E-state index in [0.29, 0.717) is 28.3 Å². The lowest BCUT2D eigenvalue weighted by Gasteiger charge is -2.05. The van der Waals surface area contributed by atoms with Crippen molar-refractivity contribution >= 4 is 22.6 Å². The first kappa shape index (κ1) is 15.6. The molecule has 0 atom stereocenters. The van der Waals surface area contributed by atoms with E-state index < -0.39 is 0 Å². The molecule has 2 heterocycles. The minimum Gasteiger partial charge on any atom is -0.310 e. The number of benzene rings is 2. The van der Waals surface area contributed by atoms with Gasteiger partial charge < -0.3 is 4.98 Å². The molecule has 0 saturated heterocycles. The molecule has 4 aromatic rings. The molecule has 2 aromatic carbocycles. The fraction of sp³-hybridized carbons (Fsp3) is 0.105. The minimum atomic E-state index is -0.194. The number of aryl methyl sites for hydroxylation is 1. The van der Waals surface area contributed by atoms with E-state index in [1.807, 2.05) is 55.5 Å². The topological polar surface area (TPSA) is 63.6 Å². The van der Waals surface area contributed by atoms with Crippen molar-refractivity contribution in [3.05, 3.63) is 87.1 Å². The molecule has 0 bridgehead atoms. The third-order valence-corrected chi connectivity index (χ3v) is 4.26. The number of hydrogen-bond acceptors (Lipinski definition) is 3. The van der Waals surface area contributed by atoms with E-state index in [2.05, 4.69) is 15.1 Å². The molecule has 6 heteroatoms. The molecule has 2 aromatic heterocycles. The predicted molar refractivity (Wildman–Crippen MR) is 98.5 cm³/mol. The first-order valence-corrected chi connectivity index (χ1v) is 8.26. The molecule has 0 aliphatic rings. The number of hydrogen-bond donors (Lipinski definition) is 1. The van der Waals surface area contributed by atoms with Gasteiger partial charge in [-0.2, -0.15) is 5.10 Å². The normalized spacial score (nSPS) is 11.1. The SMILES string of the molecule is Cc1ccc(-n2ncc3c(=O)[nH]c(Cc4cccc(Cl)c4)nc32)cc1. The van der Waals surface area contributed by atoms with Gasteiger partial charge in [-0.25, -0.2) is 9.67 Å². The zero-order valence-electron chi connectivity index (χ0n) is 13.5. The molecule has 0 amide bonds. The predicted octanol–water partition coefficient (Wildman–Crippen LogP) is 3.66. The Morgan fingerprint density at radius 1 is 1.16 bits per heavy atom. The number of H-pyrrole nitrogens is 1. The van der Waals surface area contributed by atoms with Crippen LogP contribution in [0.4, 0.5) is 0 Å². The average molecular weight is 351 g/mol. The second kappa shape index (κ2) is 6.18. The molecule has 0 radical (unpaired) electrons. The van der Waals surface area contributed by atoms with E-state index in [0.717, 1.165) is 16.8 Å². The molecule has 5 nitrogen and oxygen atoms in total. The fourth-order valence-electron chi connectivity index (χ4n) is 2.76. The van der Waals surface area contributed by atoms with Crippen LogP contribution < -0.4 is 5.56 Å². The Hall–Kier alpha value is -2.92. The van der Waals surface area contributed by atoms with E-state index in [9.17, 15) is 4.79 Å². The van der Waals surface area contributed by atoms with Crippen LogP contribution >= 0.6 is 11.6 Å². The summed E-state index contributed by atoms with van der Waals surface area (Å²) in [6, 6.07) is 15.4. The first-order chi connectivity index (χ1) is 12.1. The maximum atomic E-state index is 12.4. The van der Waals surface area contributed by atoms with E-state index in [1.165, 1.54) is 0 Å². The number of nitrogens with zero attached hydrogens (tertiary/aromatic N) is 3. The highest BCUT2D eigenvalue weighted by Gasteiger charge is 2.12. The van der Waals surface area contributed by atoms with Crippen LogP contribution in [0, 0.1) is 6.92 Å². The van der Waals surface area contributed by atoms with Gasteiger partial charge in [0.2, 0.25) is 0 Å². The third kappa shape index (κ3) is 3.06. The summed E-state index contributed by atoms with van der Waals surface area (Å²) in [5.74, 6) is 0.577. The second-order valence-corrected chi connectivity index (χ2v) is 6.38. The van der Waals surface area contributed by atoms with E-state index in [1.54, 1.807) is 10.9 Å². The largest absolute Gasteiger partial charge is 0.310 e. The van der Waals surface area contributed by atoms with Crippen molar-refractivity contribution in [2.75, 3.05) is 0 Å². The van der Waals surface area contributed by atoms with Crippen LogP contribution in [-0.2, 0) is 6.42 Å². The van der Waals surface area contributed by atoms with Gasteiger partial charge in [-0.05, 0) is 36.8 Å². The van der Waals surface area contributed by atoms with Gasteiger partial charge in [-0.3, -0.25) is 4.79 Å². The lowest BCUT2D eigenvalue weighted by atomic mass is 10.1. The Labute approximate surface area is 148 Å². The van der Waals surface area contributed by atoms with Crippen LogP contribution in [-0.4, -0.2) is 19.7 Å². The van der Waals surface area contributed by atoms with Gasteiger partial charge in [0, 0.05) is 11.4 Å². The molecule has 0 aliphatic carbocycles. The standard InChI is InChI=1S/C19H15ClN4O/c1-12-5-7-15(8-6-12)24-18-16(11-21-24)19(25)23-17(22-18)10-13-3-2-4-14(20)9-13/h2-9,11H,10H2,1H3,(H,22,23,25). The van der Waals surface area contributed by atoms with Gasteiger partial charge in [-0.1, -0.05) is 41.4 Å². The monoisotopic (exact) mass is 350 g/mol. The minimum absolute atomic E-state index is 0.194. The van der Waals surface area contributed by atoms with Gasteiger partial charge in [0.05, 0.1) is 11.9 Å². The molecule has 0 unspecified atom stereocenters. The maximum absolute atomic E-state index is 12.4. The third-order valence-electron chi connectivity index (χ3n) is 4.03. The lowest BCUT2D eigenvalue weighted by molar-refractivity contribution is 0.879. The number of halogens is 1. The van der Waals surface area contributed by atoms with Crippen molar-refractivity contribution in [3.63, 3.8) is 0 Å². The van der Waals surface area contributed by atoms with Crippen LogP contribution in [0.5, 0.6) is 0 Å². The summed E-state index contributed by atoms with van der Waals surface area (Å²) in [6.45, 7) is 2.02. The zero-order valence-corrected chi connectivity index (χ0v) is 14.3. The Kier molecular flexibility index (Phi) is 3.86. The molecular formula is C19H15ClN4O. The highest BCUT2D eigenvalue weighted by molar-refractivity contribution is 6.30. The van der Waals surface area contributed by atoms with Gasteiger partial charge in [0.15, 0.2) is 5.65 Å². The summed E-state index contributed by atoms with van der Waals surface area (Å²) in [6.07, 6.45) is 2.04. The molecule has 4 rings (SSSR count). The quantitative estimate of drug-likeness (QED) is 0.613.